The van der Waals surface area contributed by atoms with Crippen molar-refractivity contribution >= 4 is 32.5 Å². The minimum absolute atomic E-state index is 0.175. The van der Waals surface area contributed by atoms with Crippen LogP contribution in [0, 0.1) is 5.92 Å². The Labute approximate surface area is 220 Å². The number of esters is 1. The highest BCUT2D eigenvalue weighted by molar-refractivity contribution is 7.90. The molecule has 9 heteroatoms. The van der Waals surface area contributed by atoms with Crippen LogP contribution in [0.2, 0.25) is 0 Å². The van der Waals surface area contributed by atoms with E-state index in [1.807, 2.05) is 18.2 Å². The molecule has 1 aromatic heterocycles. The minimum atomic E-state index is -3.95. The molecule has 1 saturated heterocycles. The van der Waals surface area contributed by atoms with Crippen molar-refractivity contribution in [1.29, 1.82) is 0 Å². The zero-order chi connectivity index (χ0) is 26.6. The van der Waals surface area contributed by atoms with Crippen molar-refractivity contribution in [2.24, 2.45) is 5.92 Å². The van der Waals surface area contributed by atoms with E-state index >= 15 is 0 Å². The predicted molar refractivity (Wildman–Crippen MR) is 141 cm³/mol. The summed E-state index contributed by atoms with van der Waals surface area (Å²) in [4.78, 5) is 13.3. The van der Waals surface area contributed by atoms with Gasteiger partial charge in [-0.1, -0.05) is 36.4 Å². The zero-order valence-corrected chi connectivity index (χ0v) is 21.9. The van der Waals surface area contributed by atoms with Crippen LogP contribution in [0.15, 0.2) is 77.2 Å². The molecule has 0 amide bonds. The molecule has 2 heterocycles. The molecule has 6 rings (SSSR count). The van der Waals surface area contributed by atoms with Crippen LogP contribution in [0.4, 0.5) is 0 Å². The average Bonchev–Trinajstić information content (AvgIpc) is 3.49. The quantitative estimate of drug-likeness (QED) is 0.340. The van der Waals surface area contributed by atoms with E-state index in [0.29, 0.717) is 57.2 Å². The molecule has 0 saturated carbocycles. The van der Waals surface area contributed by atoms with Gasteiger partial charge in [-0.2, -0.15) is 0 Å². The standard InChI is InChI=1S/C29H25NO7S/c1-34-23-14-17(15-24(35-2)28(23)36-3)25-26-18(16-37-29(26)31)13-22-27(25)20-11-7-8-12-21(20)30(22)38(32,33)19-9-5-4-6-10-19/h4-12,14-15,18H,13,16H2,1-3H3. The molecular formula is C29H25NO7S. The van der Waals surface area contributed by atoms with Gasteiger partial charge in [-0.25, -0.2) is 17.2 Å². The third-order valence-corrected chi connectivity index (χ3v) is 8.93. The number of para-hydroxylation sites is 1. The number of aromatic nitrogens is 1. The third kappa shape index (κ3) is 3.42. The Hall–Kier alpha value is -4.24. The van der Waals surface area contributed by atoms with Crippen LogP contribution in [0.5, 0.6) is 17.2 Å². The highest BCUT2D eigenvalue weighted by atomic mass is 32.2. The topological polar surface area (TPSA) is 93.1 Å². The maximum absolute atomic E-state index is 14.1. The first kappa shape index (κ1) is 24.1. The molecule has 4 aromatic rings. The van der Waals surface area contributed by atoms with Crippen LogP contribution < -0.4 is 14.2 Å². The van der Waals surface area contributed by atoms with Crippen molar-refractivity contribution in [3.8, 4) is 17.2 Å². The summed E-state index contributed by atoms with van der Waals surface area (Å²) in [6, 6.07) is 19.3. The van der Waals surface area contributed by atoms with E-state index in [1.54, 1.807) is 48.5 Å². The lowest BCUT2D eigenvalue weighted by molar-refractivity contribution is -0.135. The van der Waals surface area contributed by atoms with Crippen LogP contribution in [-0.4, -0.2) is 46.3 Å². The van der Waals surface area contributed by atoms with Gasteiger partial charge in [0.25, 0.3) is 10.0 Å². The molecule has 1 atom stereocenters. The molecule has 194 valence electrons. The maximum atomic E-state index is 14.1. The van der Waals surface area contributed by atoms with Gasteiger partial charge in [0, 0.05) is 28.1 Å². The van der Waals surface area contributed by atoms with E-state index in [1.165, 1.54) is 25.3 Å². The van der Waals surface area contributed by atoms with Crippen molar-refractivity contribution in [3.05, 3.63) is 89.1 Å². The number of hydrogen-bond donors (Lipinski definition) is 0. The Morgan fingerprint density at radius 2 is 1.55 bits per heavy atom. The fourth-order valence-electron chi connectivity index (χ4n) is 5.57. The molecule has 0 N–H and O–H groups in total. The van der Waals surface area contributed by atoms with Gasteiger partial charge in [-0.3, -0.25) is 0 Å². The number of hydrogen-bond acceptors (Lipinski definition) is 7. The third-order valence-electron chi connectivity index (χ3n) is 7.16. The molecule has 0 bridgehead atoms. The smallest absolute Gasteiger partial charge is 0.335 e. The highest BCUT2D eigenvalue weighted by Crippen LogP contribution is 2.49. The van der Waals surface area contributed by atoms with E-state index in [-0.39, 0.29) is 17.4 Å². The van der Waals surface area contributed by atoms with E-state index in [4.69, 9.17) is 18.9 Å². The number of methoxy groups -OCH3 is 3. The summed E-state index contributed by atoms with van der Waals surface area (Å²) in [5.74, 6) is 0.543. The number of carbonyl (C=O) groups is 1. The van der Waals surface area contributed by atoms with Crippen LogP contribution >= 0.6 is 0 Å². The zero-order valence-electron chi connectivity index (χ0n) is 21.1. The lowest BCUT2D eigenvalue weighted by Crippen LogP contribution is -2.22. The van der Waals surface area contributed by atoms with Gasteiger partial charge in [0.2, 0.25) is 5.75 Å². The van der Waals surface area contributed by atoms with E-state index in [2.05, 4.69) is 0 Å². The van der Waals surface area contributed by atoms with Crippen molar-refractivity contribution in [1.82, 2.24) is 3.97 Å². The summed E-state index contributed by atoms with van der Waals surface area (Å²) in [6.07, 6.45) is 0.338. The number of nitrogens with zero attached hydrogens (tertiary/aromatic N) is 1. The molecule has 8 nitrogen and oxygen atoms in total. The van der Waals surface area contributed by atoms with Gasteiger partial charge in [0.05, 0.1) is 43.9 Å². The number of benzene rings is 3. The second kappa shape index (κ2) is 8.95. The highest BCUT2D eigenvalue weighted by Gasteiger charge is 2.43. The molecule has 1 unspecified atom stereocenters. The molecule has 1 fully saturated rings. The minimum Gasteiger partial charge on any atom is -0.493 e. The lowest BCUT2D eigenvalue weighted by Gasteiger charge is -2.24. The fourth-order valence-corrected chi connectivity index (χ4v) is 7.15. The van der Waals surface area contributed by atoms with Crippen LogP contribution in [0.3, 0.4) is 0 Å². The molecule has 1 aliphatic carbocycles. The SMILES string of the molecule is COc1cc(C2=C3C(=O)OCC3Cc3c2c2ccccc2n3S(=O)(=O)c2ccccc2)cc(OC)c1OC. The van der Waals surface area contributed by atoms with Crippen molar-refractivity contribution in [2.45, 2.75) is 11.3 Å². The molecule has 38 heavy (non-hydrogen) atoms. The van der Waals surface area contributed by atoms with E-state index in [9.17, 15) is 13.2 Å². The van der Waals surface area contributed by atoms with Gasteiger partial charge in [-0.15, -0.1) is 0 Å². The normalized spacial score (nSPS) is 16.7. The summed E-state index contributed by atoms with van der Waals surface area (Å²) < 4.78 is 51.7. The Morgan fingerprint density at radius 3 is 2.21 bits per heavy atom. The first-order valence-electron chi connectivity index (χ1n) is 12.1. The fraction of sp³-hybridized carbons (Fsp3) is 0.207. The van der Waals surface area contributed by atoms with Gasteiger partial charge < -0.3 is 18.9 Å². The number of fused-ring (bicyclic) bond motifs is 4. The van der Waals surface area contributed by atoms with Crippen LogP contribution in [0.1, 0.15) is 16.8 Å². The molecule has 0 spiro atoms. The molecule has 1 aliphatic heterocycles. The Bertz CT molecular complexity index is 1710. The summed E-state index contributed by atoms with van der Waals surface area (Å²) >= 11 is 0. The maximum Gasteiger partial charge on any atom is 0.335 e. The molecule has 2 aliphatic rings. The number of ether oxygens (including phenoxy) is 4. The first-order valence-corrected chi connectivity index (χ1v) is 13.5. The van der Waals surface area contributed by atoms with Crippen LogP contribution in [0.25, 0.3) is 16.5 Å². The summed E-state index contributed by atoms with van der Waals surface area (Å²) in [5.41, 5.74) is 3.59. The van der Waals surface area contributed by atoms with Gasteiger partial charge >= 0.3 is 5.97 Å². The number of rotatable bonds is 6. The predicted octanol–water partition coefficient (Wildman–Crippen LogP) is 4.44. The van der Waals surface area contributed by atoms with Crippen LogP contribution in [-0.2, 0) is 26.0 Å². The second-order valence-corrected chi connectivity index (χ2v) is 10.9. The first-order chi connectivity index (χ1) is 18.4. The monoisotopic (exact) mass is 531 g/mol. The van der Waals surface area contributed by atoms with Gasteiger partial charge in [0.15, 0.2) is 11.5 Å². The van der Waals surface area contributed by atoms with E-state index in [0.717, 1.165) is 5.39 Å². The molecule has 3 aromatic carbocycles. The summed E-state index contributed by atoms with van der Waals surface area (Å²) in [7, 11) is 0.620. The van der Waals surface area contributed by atoms with Gasteiger partial charge in [0.1, 0.15) is 0 Å². The van der Waals surface area contributed by atoms with Crippen molar-refractivity contribution < 1.29 is 32.2 Å². The Morgan fingerprint density at radius 1 is 0.895 bits per heavy atom. The van der Waals surface area contributed by atoms with Crippen molar-refractivity contribution in [3.63, 3.8) is 0 Å². The largest absolute Gasteiger partial charge is 0.493 e. The second-order valence-electron chi connectivity index (χ2n) is 9.12. The summed E-state index contributed by atoms with van der Waals surface area (Å²) in [6.45, 7) is 0.175. The lowest BCUT2D eigenvalue weighted by atomic mass is 9.79. The molecule has 0 radical (unpaired) electrons. The average molecular weight is 532 g/mol. The van der Waals surface area contributed by atoms with E-state index < -0.39 is 16.0 Å². The molecular weight excluding hydrogens is 506 g/mol. The van der Waals surface area contributed by atoms with Crippen molar-refractivity contribution in [2.75, 3.05) is 27.9 Å². The number of carbonyl (C=O) groups excluding carboxylic acids is 1. The Balaban J connectivity index is 1.73. The number of cyclic esters (lactones) is 1. The Kier molecular flexibility index (Phi) is 5.68. The summed E-state index contributed by atoms with van der Waals surface area (Å²) in [5, 5.41) is 0.719. The van der Waals surface area contributed by atoms with Gasteiger partial charge in [-0.05, 0) is 42.3 Å².